The molecule has 0 saturated carbocycles. The Labute approximate surface area is 108 Å². The van der Waals surface area contributed by atoms with Gasteiger partial charge in [0.05, 0.1) is 22.6 Å². The summed E-state index contributed by atoms with van der Waals surface area (Å²) in [7, 11) is 0. The van der Waals surface area contributed by atoms with Crippen LogP contribution in [0.2, 0.25) is 0 Å². The average Bonchev–Trinajstić information content (AvgIpc) is 2.36. The summed E-state index contributed by atoms with van der Waals surface area (Å²) in [6, 6.07) is 4.81. The molecule has 0 saturated heterocycles. The number of anilines is 2. The number of amides is 1. The standard InChI is InChI=1S/C13H11F2N3O/c1-7-12(3-2-4-17-7)18-13(19)8-5-11(16)10(15)6-9(8)14/h2-6H,16H2,1H3,(H,18,19). The predicted octanol–water partition coefficient (Wildman–Crippen LogP) is 2.50. The molecule has 19 heavy (non-hydrogen) atoms. The highest BCUT2D eigenvalue weighted by molar-refractivity contribution is 6.05. The van der Waals surface area contributed by atoms with Crippen LogP contribution < -0.4 is 11.1 Å². The Morgan fingerprint density at radius 2 is 2.05 bits per heavy atom. The summed E-state index contributed by atoms with van der Waals surface area (Å²) in [5.74, 6) is -2.57. The quantitative estimate of drug-likeness (QED) is 0.818. The summed E-state index contributed by atoms with van der Waals surface area (Å²) in [6.07, 6.45) is 1.57. The van der Waals surface area contributed by atoms with Crippen LogP contribution in [-0.4, -0.2) is 10.9 Å². The minimum atomic E-state index is -0.967. The molecular weight excluding hydrogens is 252 g/mol. The summed E-state index contributed by atoms with van der Waals surface area (Å²) >= 11 is 0. The maximum absolute atomic E-state index is 13.5. The van der Waals surface area contributed by atoms with E-state index in [9.17, 15) is 13.6 Å². The lowest BCUT2D eigenvalue weighted by Gasteiger charge is -2.09. The molecule has 0 spiro atoms. The molecule has 4 nitrogen and oxygen atoms in total. The van der Waals surface area contributed by atoms with Gasteiger partial charge in [-0.1, -0.05) is 0 Å². The van der Waals surface area contributed by atoms with Crippen LogP contribution >= 0.6 is 0 Å². The maximum atomic E-state index is 13.5. The van der Waals surface area contributed by atoms with Crippen molar-refractivity contribution in [1.29, 1.82) is 0 Å². The molecular formula is C13H11F2N3O. The summed E-state index contributed by atoms with van der Waals surface area (Å²) in [5, 5.41) is 2.49. The second-order valence-electron chi connectivity index (χ2n) is 3.94. The number of hydrogen-bond acceptors (Lipinski definition) is 3. The van der Waals surface area contributed by atoms with Gasteiger partial charge in [0.15, 0.2) is 0 Å². The van der Waals surface area contributed by atoms with E-state index in [1.165, 1.54) is 0 Å². The first-order valence-corrected chi connectivity index (χ1v) is 5.46. The number of nitrogens with one attached hydrogen (secondary N) is 1. The van der Waals surface area contributed by atoms with E-state index < -0.39 is 17.5 Å². The smallest absolute Gasteiger partial charge is 0.258 e. The van der Waals surface area contributed by atoms with Crippen LogP contribution in [0.5, 0.6) is 0 Å². The Kier molecular flexibility index (Phi) is 3.41. The molecule has 2 rings (SSSR count). The molecule has 0 radical (unpaired) electrons. The number of nitrogen functional groups attached to an aromatic ring is 1. The molecule has 1 aromatic carbocycles. The molecule has 0 aliphatic heterocycles. The van der Waals surface area contributed by atoms with Crippen LogP contribution in [0.1, 0.15) is 16.1 Å². The van der Waals surface area contributed by atoms with Gasteiger partial charge in [-0.05, 0) is 25.1 Å². The van der Waals surface area contributed by atoms with Crippen molar-refractivity contribution in [2.45, 2.75) is 6.92 Å². The zero-order valence-electron chi connectivity index (χ0n) is 10.1. The predicted molar refractivity (Wildman–Crippen MR) is 67.7 cm³/mol. The SMILES string of the molecule is Cc1ncccc1NC(=O)c1cc(N)c(F)cc1F. The van der Waals surface area contributed by atoms with E-state index in [1.807, 2.05) is 0 Å². The third-order valence-corrected chi connectivity index (χ3v) is 2.59. The first-order valence-electron chi connectivity index (χ1n) is 5.46. The number of carbonyl (C=O) groups excluding carboxylic acids is 1. The highest BCUT2D eigenvalue weighted by atomic mass is 19.1. The van der Waals surface area contributed by atoms with Gasteiger partial charge >= 0.3 is 0 Å². The van der Waals surface area contributed by atoms with Gasteiger partial charge in [-0.3, -0.25) is 9.78 Å². The molecule has 0 fully saturated rings. The molecule has 0 aliphatic carbocycles. The van der Waals surface area contributed by atoms with E-state index in [-0.39, 0.29) is 11.3 Å². The number of pyridine rings is 1. The van der Waals surface area contributed by atoms with Gasteiger partial charge in [-0.25, -0.2) is 8.78 Å². The van der Waals surface area contributed by atoms with Crippen molar-refractivity contribution in [2.24, 2.45) is 0 Å². The lowest BCUT2D eigenvalue weighted by atomic mass is 10.1. The highest BCUT2D eigenvalue weighted by Crippen LogP contribution is 2.19. The lowest BCUT2D eigenvalue weighted by Crippen LogP contribution is -2.15. The van der Waals surface area contributed by atoms with Gasteiger partial charge in [-0.2, -0.15) is 0 Å². The third-order valence-electron chi connectivity index (χ3n) is 2.59. The van der Waals surface area contributed by atoms with Crippen LogP contribution in [0.3, 0.4) is 0 Å². The fourth-order valence-electron chi connectivity index (χ4n) is 1.55. The van der Waals surface area contributed by atoms with E-state index in [0.29, 0.717) is 17.4 Å². The highest BCUT2D eigenvalue weighted by Gasteiger charge is 2.15. The zero-order valence-corrected chi connectivity index (χ0v) is 10.1. The van der Waals surface area contributed by atoms with E-state index in [4.69, 9.17) is 5.73 Å². The van der Waals surface area contributed by atoms with Gasteiger partial charge in [0.1, 0.15) is 11.6 Å². The van der Waals surface area contributed by atoms with Crippen molar-refractivity contribution in [2.75, 3.05) is 11.1 Å². The Hall–Kier alpha value is -2.50. The van der Waals surface area contributed by atoms with Crippen molar-refractivity contribution < 1.29 is 13.6 Å². The van der Waals surface area contributed by atoms with E-state index in [2.05, 4.69) is 10.3 Å². The number of rotatable bonds is 2. The number of hydrogen-bond donors (Lipinski definition) is 2. The van der Waals surface area contributed by atoms with Crippen molar-refractivity contribution in [3.8, 4) is 0 Å². The van der Waals surface area contributed by atoms with Crippen molar-refractivity contribution >= 4 is 17.3 Å². The van der Waals surface area contributed by atoms with E-state index in [0.717, 1.165) is 6.07 Å². The minimum Gasteiger partial charge on any atom is -0.396 e. The van der Waals surface area contributed by atoms with E-state index in [1.54, 1.807) is 25.3 Å². The Balaban J connectivity index is 2.31. The fraction of sp³-hybridized carbons (Fsp3) is 0.0769. The Morgan fingerprint density at radius 3 is 2.74 bits per heavy atom. The van der Waals surface area contributed by atoms with Gasteiger partial charge in [0.25, 0.3) is 5.91 Å². The van der Waals surface area contributed by atoms with Crippen LogP contribution in [0.4, 0.5) is 20.2 Å². The first kappa shape index (κ1) is 12.9. The Morgan fingerprint density at radius 1 is 1.32 bits per heavy atom. The van der Waals surface area contributed by atoms with Crippen molar-refractivity contribution in [3.63, 3.8) is 0 Å². The molecule has 6 heteroatoms. The molecule has 0 unspecified atom stereocenters. The number of nitrogens with two attached hydrogens (primary N) is 1. The van der Waals surface area contributed by atoms with Crippen LogP contribution in [0, 0.1) is 18.6 Å². The Bertz CT molecular complexity index is 644. The third kappa shape index (κ3) is 2.67. The van der Waals surface area contributed by atoms with Crippen LogP contribution in [0.15, 0.2) is 30.5 Å². The second kappa shape index (κ2) is 5.01. The van der Waals surface area contributed by atoms with Crippen LogP contribution in [-0.2, 0) is 0 Å². The number of carbonyl (C=O) groups is 1. The minimum absolute atomic E-state index is 0.283. The van der Waals surface area contributed by atoms with E-state index >= 15 is 0 Å². The zero-order chi connectivity index (χ0) is 14.0. The molecule has 1 heterocycles. The van der Waals surface area contributed by atoms with Gasteiger partial charge in [0.2, 0.25) is 0 Å². The fourth-order valence-corrected chi connectivity index (χ4v) is 1.55. The van der Waals surface area contributed by atoms with Crippen LogP contribution in [0.25, 0.3) is 0 Å². The number of benzene rings is 1. The lowest BCUT2D eigenvalue weighted by molar-refractivity contribution is 0.102. The molecule has 0 atom stereocenters. The first-order chi connectivity index (χ1) is 8.99. The molecule has 3 N–H and O–H groups in total. The molecule has 0 aliphatic rings. The number of aryl methyl sites for hydroxylation is 1. The molecule has 2 aromatic rings. The summed E-state index contributed by atoms with van der Waals surface area (Å²) < 4.78 is 26.5. The summed E-state index contributed by atoms with van der Waals surface area (Å²) in [4.78, 5) is 15.9. The average molecular weight is 263 g/mol. The summed E-state index contributed by atoms with van der Waals surface area (Å²) in [5.41, 5.74) is 5.76. The summed E-state index contributed by atoms with van der Waals surface area (Å²) in [6.45, 7) is 1.70. The molecule has 0 bridgehead atoms. The molecule has 1 aromatic heterocycles. The van der Waals surface area contributed by atoms with Gasteiger partial charge in [0, 0.05) is 12.3 Å². The molecule has 1 amide bonds. The maximum Gasteiger partial charge on any atom is 0.258 e. The second-order valence-corrected chi connectivity index (χ2v) is 3.94. The normalized spacial score (nSPS) is 10.3. The molecule has 98 valence electrons. The van der Waals surface area contributed by atoms with Crippen molar-refractivity contribution in [3.05, 3.63) is 53.4 Å². The topological polar surface area (TPSA) is 68.0 Å². The van der Waals surface area contributed by atoms with Gasteiger partial charge in [-0.15, -0.1) is 0 Å². The van der Waals surface area contributed by atoms with Crippen molar-refractivity contribution in [1.82, 2.24) is 4.98 Å². The number of aromatic nitrogens is 1. The largest absolute Gasteiger partial charge is 0.396 e. The number of nitrogens with zero attached hydrogens (tertiary/aromatic N) is 1. The van der Waals surface area contributed by atoms with Gasteiger partial charge < -0.3 is 11.1 Å². The number of halogens is 2. The monoisotopic (exact) mass is 263 g/mol.